The first-order valence-electron chi connectivity index (χ1n) is 4.52. The largest absolute Gasteiger partial charge is 0.269 e. The van der Waals surface area contributed by atoms with Crippen molar-refractivity contribution in [3.63, 3.8) is 0 Å². The predicted molar refractivity (Wildman–Crippen MR) is 54.7 cm³/mol. The van der Waals surface area contributed by atoms with Crippen LogP contribution in [-0.2, 0) is 0 Å². The molecule has 1 aromatic rings. The normalized spacial score (nSPS) is 24.6. The highest BCUT2D eigenvalue weighted by atomic mass is 35.5. The smallest absolute Gasteiger partial charge is 0.258 e. The van der Waals surface area contributed by atoms with Crippen LogP contribution in [0.1, 0.15) is 17.9 Å². The Hall–Kier alpha value is -1.09. The van der Waals surface area contributed by atoms with E-state index in [1.165, 1.54) is 5.56 Å². The standard InChI is InChI=1S/C10H10ClNO2/c11-6-8-5-10(8)7-1-3-9(4-2-7)12(13)14/h1-4,8,10H,5-6H2. The lowest BCUT2D eigenvalue weighted by Gasteiger charge is -1.97. The maximum Gasteiger partial charge on any atom is 0.269 e. The van der Waals surface area contributed by atoms with Crippen molar-refractivity contribution < 1.29 is 4.92 Å². The summed E-state index contributed by atoms with van der Waals surface area (Å²) in [7, 11) is 0. The third-order valence-electron chi connectivity index (χ3n) is 2.65. The van der Waals surface area contributed by atoms with Gasteiger partial charge in [-0.05, 0) is 23.8 Å². The van der Waals surface area contributed by atoms with Crippen molar-refractivity contribution in [2.45, 2.75) is 12.3 Å². The quantitative estimate of drug-likeness (QED) is 0.438. The maximum absolute atomic E-state index is 10.4. The van der Waals surface area contributed by atoms with E-state index in [0.29, 0.717) is 17.7 Å². The maximum atomic E-state index is 10.4. The number of hydrogen-bond acceptors (Lipinski definition) is 2. The summed E-state index contributed by atoms with van der Waals surface area (Å²) in [6.45, 7) is 0. The van der Waals surface area contributed by atoms with Crippen LogP contribution in [-0.4, -0.2) is 10.8 Å². The summed E-state index contributed by atoms with van der Waals surface area (Å²) < 4.78 is 0. The van der Waals surface area contributed by atoms with E-state index in [0.717, 1.165) is 6.42 Å². The Morgan fingerprint density at radius 3 is 2.50 bits per heavy atom. The number of hydrogen-bond donors (Lipinski definition) is 0. The van der Waals surface area contributed by atoms with Crippen molar-refractivity contribution in [1.82, 2.24) is 0 Å². The number of rotatable bonds is 3. The Morgan fingerprint density at radius 1 is 1.43 bits per heavy atom. The van der Waals surface area contributed by atoms with Crippen LogP contribution in [0.3, 0.4) is 0 Å². The van der Waals surface area contributed by atoms with E-state index in [1.54, 1.807) is 12.1 Å². The molecule has 0 amide bonds. The molecule has 2 rings (SSSR count). The fraction of sp³-hybridized carbons (Fsp3) is 0.400. The summed E-state index contributed by atoms with van der Waals surface area (Å²) in [5, 5.41) is 10.4. The number of nitro groups is 1. The summed E-state index contributed by atoms with van der Waals surface area (Å²) >= 11 is 5.72. The van der Waals surface area contributed by atoms with Crippen LogP contribution in [0, 0.1) is 16.0 Å². The average molecular weight is 212 g/mol. The molecule has 14 heavy (non-hydrogen) atoms. The molecule has 1 saturated carbocycles. The van der Waals surface area contributed by atoms with Gasteiger partial charge in [-0.1, -0.05) is 12.1 Å². The Bertz CT molecular complexity index is 350. The lowest BCUT2D eigenvalue weighted by atomic mass is 10.1. The van der Waals surface area contributed by atoms with Crippen LogP contribution in [0.5, 0.6) is 0 Å². The molecule has 0 N–H and O–H groups in total. The molecule has 0 heterocycles. The fourth-order valence-electron chi connectivity index (χ4n) is 1.67. The van der Waals surface area contributed by atoms with Gasteiger partial charge in [-0.3, -0.25) is 10.1 Å². The first-order valence-corrected chi connectivity index (χ1v) is 5.06. The van der Waals surface area contributed by atoms with E-state index in [1.807, 2.05) is 12.1 Å². The second-order valence-electron chi connectivity index (χ2n) is 3.61. The third kappa shape index (κ3) is 1.73. The molecule has 1 aromatic carbocycles. The van der Waals surface area contributed by atoms with Gasteiger partial charge in [0.1, 0.15) is 0 Å². The molecule has 1 fully saturated rings. The highest BCUT2D eigenvalue weighted by molar-refractivity contribution is 6.18. The second-order valence-corrected chi connectivity index (χ2v) is 3.91. The summed E-state index contributed by atoms with van der Waals surface area (Å²) in [5.74, 6) is 1.77. The van der Waals surface area contributed by atoms with E-state index in [4.69, 9.17) is 11.6 Å². The first kappa shape index (κ1) is 9.46. The second kappa shape index (κ2) is 3.58. The summed E-state index contributed by atoms with van der Waals surface area (Å²) in [6, 6.07) is 6.77. The number of nitro benzene ring substituents is 1. The Morgan fingerprint density at radius 2 is 2.07 bits per heavy atom. The predicted octanol–water partition coefficient (Wildman–Crippen LogP) is 2.94. The molecule has 4 heteroatoms. The van der Waals surface area contributed by atoms with Crippen molar-refractivity contribution in [2.24, 2.45) is 5.92 Å². The molecule has 0 spiro atoms. The van der Waals surface area contributed by atoms with E-state index >= 15 is 0 Å². The van der Waals surface area contributed by atoms with Gasteiger partial charge < -0.3 is 0 Å². The molecule has 74 valence electrons. The number of alkyl halides is 1. The monoisotopic (exact) mass is 211 g/mol. The van der Waals surface area contributed by atoms with Crippen LogP contribution < -0.4 is 0 Å². The average Bonchev–Trinajstić information content (AvgIpc) is 2.97. The van der Waals surface area contributed by atoms with Crippen molar-refractivity contribution in [1.29, 1.82) is 0 Å². The van der Waals surface area contributed by atoms with Crippen molar-refractivity contribution in [3.05, 3.63) is 39.9 Å². The van der Waals surface area contributed by atoms with Crippen molar-refractivity contribution >= 4 is 17.3 Å². The number of non-ortho nitro benzene ring substituents is 1. The molecule has 0 aromatic heterocycles. The van der Waals surface area contributed by atoms with Gasteiger partial charge in [0, 0.05) is 18.0 Å². The van der Waals surface area contributed by atoms with Gasteiger partial charge in [-0.25, -0.2) is 0 Å². The van der Waals surface area contributed by atoms with Crippen molar-refractivity contribution in [2.75, 3.05) is 5.88 Å². The van der Waals surface area contributed by atoms with Gasteiger partial charge >= 0.3 is 0 Å². The van der Waals surface area contributed by atoms with Crippen LogP contribution in [0.15, 0.2) is 24.3 Å². The minimum Gasteiger partial charge on any atom is -0.258 e. The van der Waals surface area contributed by atoms with Gasteiger partial charge in [0.15, 0.2) is 0 Å². The molecule has 0 bridgehead atoms. The van der Waals surface area contributed by atoms with Crippen LogP contribution in [0.4, 0.5) is 5.69 Å². The van der Waals surface area contributed by atoms with Gasteiger partial charge in [0.05, 0.1) is 4.92 Å². The van der Waals surface area contributed by atoms with E-state index < -0.39 is 0 Å². The van der Waals surface area contributed by atoms with Crippen LogP contribution in [0.2, 0.25) is 0 Å². The topological polar surface area (TPSA) is 43.1 Å². The third-order valence-corrected chi connectivity index (χ3v) is 3.05. The lowest BCUT2D eigenvalue weighted by Crippen LogP contribution is -1.89. The number of halogens is 1. The molecule has 2 unspecified atom stereocenters. The Balaban J connectivity index is 2.11. The summed E-state index contributed by atoms with van der Waals surface area (Å²) in [6.07, 6.45) is 1.11. The summed E-state index contributed by atoms with van der Waals surface area (Å²) in [5.41, 5.74) is 1.32. The molecule has 1 aliphatic rings. The zero-order valence-electron chi connectivity index (χ0n) is 7.52. The first-order chi connectivity index (χ1) is 6.72. The zero-order valence-corrected chi connectivity index (χ0v) is 8.28. The van der Waals surface area contributed by atoms with Gasteiger partial charge in [0.25, 0.3) is 5.69 Å². The van der Waals surface area contributed by atoms with Crippen LogP contribution in [0.25, 0.3) is 0 Å². The van der Waals surface area contributed by atoms with E-state index in [2.05, 4.69) is 0 Å². The number of benzene rings is 1. The van der Waals surface area contributed by atoms with Gasteiger partial charge in [-0.15, -0.1) is 11.6 Å². The number of nitrogens with zero attached hydrogens (tertiary/aromatic N) is 1. The molecule has 0 aliphatic heterocycles. The summed E-state index contributed by atoms with van der Waals surface area (Å²) in [4.78, 5) is 10.0. The molecular weight excluding hydrogens is 202 g/mol. The molecule has 2 atom stereocenters. The van der Waals surface area contributed by atoms with E-state index in [-0.39, 0.29) is 10.6 Å². The SMILES string of the molecule is O=[N+]([O-])c1ccc(C2CC2CCl)cc1. The van der Waals surface area contributed by atoms with Gasteiger partial charge in [0.2, 0.25) is 0 Å². The van der Waals surface area contributed by atoms with Crippen LogP contribution >= 0.6 is 11.6 Å². The van der Waals surface area contributed by atoms with E-state index in [9.17, 15) is 10.1 Å². The minimum absolute atomic E-state index is 0.150. The molecular formula is C10H10ClNO2. The zero-order chi connectivity index (χ0) is 10.1. The molecule has 3 nitrogen and oxygen atoms in total. The fourth-order valence-corrected chi connectivity index (χ4v) is 2.01. The highest BCUT2D eigenvalue weighted by Crippen LogP contribution is 2.48. The van der Waals surface area contributed by atoms with Crippen molar-refractivity contribution in [3.8, 4) is 0 Å². The highest BCUT2D eigenvalue weighted by Gasteiger charge is 2.37. The van der Waals surface area contributed by atoms with Gasteiger partial charge in [-0.2, -0.15) is 0 Å². The lowest BCUT2D eigenvalue weighted by molar-refractivity contribution is -0.384. The Labute approximate surface area is 86.8 Å². The Kier molecular flexibility index (Phi) is 2.42. The minimum atomic E-state index is -0.379. The molecule has 1 aliphatic carbocycles. The molecule has 0 saturated heterocycles. The molecule has 0 radical (unpaired) electrons.